The molecule has 1 unspecified atom stereocenters. The van der Waals surface area contributed by atoms with E-state index in [1.807, 2.05) is 0 Å². The number of aromatic amines is 1. The zero-order valence-corrected chi connectivity index (χ0v) is 17.4. The van der Waals surface area contributed by atoms with E-state index >= 15 is 0 Å². The monoisotopic (exact) mass is 443 g/mol. The summed E-state index contributed by atoms with van der Waals surface area (Å²) in [5, 5.41) is 11.1. The number of hydrogen-bond acceptors (Lipinski definition) is 5. The van der Waals surface area contributed by atoms with Crippen LogP contribution in [-0.4, -0.2) is 33.9 Å². The third kappa shape index (κ3) is 3.32. The van der Waals surface area contributed by atoms with Gasteiger partial charge in [0.15, 0.2) is 0 Å². The Morgan fingerprint density at radius 3 is 2.58 bits per heavy atom. The molecule has 1 aromatic heterocycles. The number of Topliss-reactive ketones (excluding diaryl/α,β-unsaturated/α-hetero) is 1. The molecule has 33 heavy (non-hydrogen) atoms. The summed E-state index contributed by atoms with van der Waals surface area (Å²) in [4.78, 5) is 34.9. The van der Waals surface area contributed by atoms with Crippen LogP contribution in [0.15, 0.2) is 78.4 Å². The fourth-order valence-electron chi connectivity index (χ4n) is 4.02. The molecule has 5 rings (SSSR count). The van der Waals surface area contributed by atoms with Crippen LogP contribution in [0.5, 0.6) is 5.75 Å². The highest BCUT2D eigenvalue weighted by molar-refractivity contribution is 6.51. The van der Waals surface area contributed by atoms with Crippen molar-refractivity contribution in [3.8, 4) is 5.75 Å². The van der Waals surface area contributed by atoms with Crippen molar-refractivity contribution in [2.75, 3.05) is 12.0 Å². The minimum Gasteiger partial charge on any atom is -0.507 e. The number of nitrogens with zero attached hydrogens (tertiary/aromatic N) is 2. The highest BCUT2D eigenvalue weighted by atomic mass is 19.1. The lowest BCUT2D eigenvalue weighted by Gasteiger charge is -2.23. The molecule has 2 heterocycles. The number of carbonyl (C=O) groups is 2. The average molecular weight is 443 g/mol. The number of aliphatic hydroxyl groups is 1. The van der Waals surface area contributed by atoms with Gasteiger partial charge in [0.2, 0.25) is 5.95 Å². The third-order valence-corrected chi connectivity index (χ3v) is 5.59. The number of halogens is 1. The molecule has 1 saturated heterocycles. The van der Waals surface area contributed by atoms with E-state index in [-0.39, 0.29) is 22.6 Å². The number of imidazole rings is 1. The largest absolute Gasteiger partial charge is 0.507 e. The topological polar surface area (TPSA) is 95.5 Å². The number of ketones is 1. The van der Waals surface area contributed by atoms with Crippen LogP contribution < -0.4 is 9.64 Å². The second-order valence-corrected chi connectivity index (χ2v) is 7.50. The Bertz CT molecular complexity index is 1410. The first-order valence-corrected chi connectivity index (χ1v) is 10.1. The second kappa shape index (κ2) is 7.90. The molecule has 1 atom stereocenters. The van der Waals surface area contributed by atoms with Crippen LogP contribution >= 0.6 is 0 Å². The van der Waals surface area contributed by atoms with Gasteiger partial charge >= 0.3 is 5.91 Å². The molecule has 0 saturated carbocycles. The van der Waals surface area contributed by atoms with Crippen LogP contribution in [0, 0.1) is 5.82 Å². The van der Waals surface area contributed by atoms with Gasteiger partial charge in [0, 0.05) is 11.1 Å². The summed E-state index contributed by atoms with van der Waals surface area (Å²) in [6, 6.07) is 18.1. The number of benzene rings is 3. The van der Waals surface area contributed by atoms with Crippen LogP contribution in [-0.2, 0) is 9.59 Å². The minimum atomic E-state index is -1.22. The van der Waals surface area contributed by atoms with E-state index in [0.29, 0.717) is 16.8 Å². The van der Waals surface area contributed by atoms with Crippen molar-refractivity contribution in [2.24, 2.45) is 0 Å². The lowest BCUT2D eigenvalue weighted by Crippen LogP contribution is -2.30. The molecule has 1 aliphatic heterocycles. The van der Waals surface area contributed by atoms with Gasteiger partial charge in [0.05, 0.1) is 23.7 Å². The normalized spacial score (nSPS) is 17.6. The number of carbonyl (C=O) groups excluding carboxylic acids is 2. The molecule has 0 radical (unpaired) electrons. The molecule has 7 nitrogen and oxygen atoms in total. The van der Waals surface area contributed by atoms with Crippen molar-refractivity contribution in [3.63, 3.8) is 0 Å². The SMILES string of the molecule is COc1cccc(/C(O)=C2\C(=O)C(=O)N(c3nc4ccccc4[nH]3)C2c2ccccc2F)c1. The molecule has 8 heteroatoms. The van der Waals surface area contributed by atoms with E-state index in [2.05, 4.69) is 9.97 Å². The molecule has 0 spiro atoms. The average Bonchev–Trinajstić information content (AvgIpc) is 3.37. The van der Waals surface area contributed by atoms with Gasteiger partial charge in [-0.05, 0) is 30.3 Å². The molecule has 0 bridgehead atoms. The summed E-state index contributed by atoms with van der Waals surface area (Å²) in [7, 11) is 1.47. The van der Waals surface area contributed by atoms with Crippen molar-refractivity contribution >= 4 is 34.4 Å². The van der Waals surface area contributed by atoms with Crippen molar-refractivity contribution in [3.05, 3.63) is 95.3 Å². The van der Waals surface area contributed by atoms with Gasteiger partial charge in [-0.1, -0.05) is 42.5 Å². The van der Waals surface area contributed by atoms with Crippen molar-refractivity contribution in [1.29, 1.82) is 0 Å². The van der Waals surface area contributed by atoms with Gasteiger partial charge in [-0.3, -0.25) is 14.5 Å². The van der Waals surface area contributed by atoms with Gasteiger partial charge in [-0.2, -0.15) is 0 Å². The molecule has 4 aromatic rings. The third-order valence-electron chi connectivity index (χ3n) is 5.59. The number of amides is 1. The first kappa shape index (κ1) is 20.4. The number of aliphatic hydroxyl groups excluding tert-OH is 1. The Labute approximate surface area is 187 Å². The van der Waals surface area contributed by atoms with Crippen LogP contribution in [0.25, 0.3) is 16.8 Å². The fourth-order valence-corrected chi connectivity index (χ4v) is 4.02. The van der Waals surface area contributed by atoms with E-state index in [1.54, 1.807) is 48.5 Å². The number of methoxy groups -OCH3 is 1. The number of nitrogens with one attached hydrogen (secondary N) is 1. The Balaban J connectivity index is 1.75. The number of fused-ring (bicyclic) bond motifs is 1. The number of para-hydroxylation sites is 2. The number of aromatic nitrogens is 2. The maximum atomic E-state index is 14.9. The van der Waals surface area contributed by atoms with E-state index in [9.17, 15) is 19.1 Å². The van der Waals surface area contributed by atoms with Crippen LogP contribution in [0.2, 0.25) is 0 Å². The summed E-state index contributed by atoms with van der Waals surface area (Å²) in [6.07, 6.45) is 0. The molecule has 1 amide bonds. The first-order valence-electron chi connectivity index (χ1n) is 10.1. The standard InChI is InChI=1S/C25H18FN3O4/c1-33-15-8-6-7-14(13-15)22(30)20-21(16-9-2-3-10-17(16)26)29(24(32)23(20)31)25-27-18-11-4-5-12-19(18)28-25/h2-13,21,30H,1H3,(H,27,28)/b22-20+. The summed E-state index contributed by atoms with van der Waals surface area (Å²) >= 11 is 0. The zero-order chi connectivity index (χ0) is 23.1. The first-order chi connectivity index (χ1) is 16.0. The number of rotatable bonds is 4. The lowest BCUT2D eigenvalue weighted by molar-refractivity contribution is -0.132. The van der Waals surface area contributed by atoms with Gasteiger partial charge in [-0.15, -0.1) is 0 Å². The van der Waals surface area contributed by atoms with Crippen LogP contribution in [0.4, 0.5) is 10.3 Å². The fraction of sp³-hybridized carbons (Fsp3) is 0.0800. The second-order valence-electron chi connectivity index (χ2n) is 7.50. The summed E-state index contributed by atoms with van der Waals surface area (Å²) in [6.45, 7) is 0. The Hall–Kier alpha value is -4.46. The van der Waals surface area contributed by atoms with Crippen LogP contribution in [0.3, 0.4) is 0 Å². The van der Waals surface area contributed by atoms with Gasteiger partial charge in [0.25, 0.3) is 5.78 Å². The predicted molar refractivity (Wildman–Crippen MR) is 120 cm³/mol. The molecular formula is C25H18FN3O4. The highest BCUT2D eigenvalue weighted by Crippen LogP contribution is 2.42. The highest BCUT2D eigenvalue weighted by Gasteiger charge is 2.49. The van der Waals surface area contributed by atoms with E-state index in [0.717, 1.165) is 4.90 Å². The maximum absolute atomic E-state index is 14.9. The number of anilines is 1. The predicted octanol–water partition coefficient (Wildman–Crippen LogP) is 4.34. The molecule has 3 aromatic carbocycles. The summed E-state index contributed by atoms with van der Waals surface area (Å²) in [5.41, 5.74) is 1.31. The molecule has 1 fully saturated rings. The molecular weight excluding hydrogens is 425 g/mol. The quantitative estimate of drug-likeness (QED) is 0.278. The Kier molecular flexibility index (Phi) is 4.90. The number of H-pyrrole nitrogens is 1. The Morgan fingerprint density at radius 2 is 1.82 bits per heavy atom. The van der Waals surface area contributed by atoms with Crippen LogP contribution in [0.1, 0.15) is 17.2 Å². The maximum Gasteiger partial charge on any atom is 0.302 e. The lowest BCUT2D eigenvalue weighted by atomic mass is 9.95. The summed E-state index contributed by atoms with van der Waals surface area (Å²) < 4.78 is 20.1. The van der Waals surface area contributed by atoms with Crippen molar-refractivity contribution < 1.29 is 23.8 Å². The number of ether oxygens (including phenoxy) is 1. The molecule has 0 aliphatic carbocycles. The molecule has 164 valence electrons. The Morgan fingerprint density at radius 1 is 1.06 bits per heavy atom. The molecule has 1 aliphatic rings. The van der Waals surface area contributed by atoms with Gasteiger partial charge < -0.3 is 14.8 Å². The van der Waals surface area contributed by atoms with E-state index in [4.69, 9.17) is 4.74 Å². The smallest absolute Gasteiger partial charge is 0.302 e. The van der Waals surface area contributed by atoms with Crippen molar-refractivity contribution in [2.45, 2.75) is 6.04 Å². The van der Waals surface area contributed by atoms with Crippen molar-refractivity contribution in [1.82, 2.24) is 9.97 Å². The zero-order valence-electron chi connectivity index (χ0n) is 17.4. The molecule has 2 N–H and O–H groups in total. The number of hydrogen-bond donors (Lipinski definition) is 2. The van der Waals surface area contributed by atoms with E-state index in [1.165, 1.54) is 31.4 Å². The summed E-state index contributed by atoms with van der Waals surface area (Å²) in [5.74, 6) is -2.39. The van der Waals surface area contributed by atoms with E-state index < -0.39 is 29.3 Å². The van der Waals surface area contributed by atoms with Gasteiger partial charge in [-0.25, -0.2) is 9.37 Å². The van der Waals surface area contributed by atoms with Gasteiger partial charge in [0.1, 0.15) is 23.4 Å². The minimum absolute atomic E-state index is 0.0570.